The normalized spacial score (nSPS) is 23.0. The second-order valence-electron chi connectivity index (χ2n) is 7.97. The molecule has 1 aromatic heterocycles. The summed E-state index contributed by atoms with van der Waals surface area (Å²) in [6.45, 7) is 7.92. The summed E-state index contributed by atoms with van der Waals surface area (Å²) in [6.07, 6.45) is 5.25. The fourth-order valence-corrected chi connectivity index (χ4v) is 4.86. The van der Waals surface area contributed by atoms with Gasteiger partial charge in [0, 0.05) is 12.5 Å². The lowest BCUT2D eigenvalue weighted by Crippen LogP contribution is -2.44. The first-order chi connectivity index (χ1) is 14.7. The van der Waals surface area contributed by atoms with Crippen LogP contribution in [0.4, 0.5) is 0 Å². The Bertz CT molecular complexity index is 876. The van der Waals surface area contributed by atoms with Crippen molar-refractivity contribution in [3.63, 3.8) is 0 Å². The van der Waals surface area contributed by atoms with Crippen LogP contribution in [0, 0.1) is 5.92 Å². The maximum Gasteiger partial charge on any atom is 0.259 e. The van der Waals surface area contributed by atoms with Crippen LogP contribution in [0.2, 0.25) is 0 Å². The van der Waals surface area contributed by atoms with Gasteiger partial charge in [-0.3, -0.25) is 4.79 Å². The van der Waals surface area contributed by atoms with Crippen LogP contribution < -0.4 is 21.4 Å². The molecule has 0 aliphatic carbocycles. The summed E-state index contributed by atoms with van der Waals surface area (Å²) in [4.78, 5) is 17.6. The van der Waals surface area contributed by atoms with E-state index >= 15 is 0 Å². The number of nitrogens with zero attached hydrogens (tertiary/aromatic N) is 2. The Morgan fingerprint density at radius 2 is 1.97 bits per heavy atom. The van der Waals surface area contributed by atoms with Crippen molar-refractivity contribution in [3.8, 4) is 0 Å². The van der Waals surface area contributed by atoms with Gasteiger partial charge in [-0.2, -0.15) is 5.10 Å². The van der Waals surface area contributed by atoms with Gasteiger partial charge in [-0.05, 0) is 63.9 Å². The number of hydrogen-bond donors (Lipinski definition) is 4. The maximum absolute atomic E-state index is 13.0. The number of hydrazone groups is 1. The third kappa shape index (κ3) is 5.24. The predicted molar refractivity (Wildman–Crippen MR) is 123 cm³/mol. The van der Waals surface area contributed by atoms with Crippen molar-refractivity contribution >= 4 is 38.9 Å². The number of aromatic nitrogens is 1. The van der Waals surface area contributed by atoms with E-state index in [2.05, 4.69) is 38.0 Å². The molecule has 0 bridgehead atoms. The van der Waals surface area contributed by atoms with Gasteiger partial charge in [-0.15, -0.1) is 11.3 Å². The molecule has 2 fully saturated rings. The first-order valence-electron chi connectivity index (χ1n) is 10.8. The zero-order valence-corrected chi connectivity index (χ0v) is 18.1. The molecule has 8 heteroatoms. The molecule has 2 atom stereocenters. The number of amidine groups is 1. The monoisotopic (exact) mass is 426 g/mol. The standard InChI is InChI=1S/C22H30N6OS/c1-15(22-25-18-8-2-3-9-19(18)30-22)21(29)26-20(16-6-4-11-23-13-10-16)28-27-17-7-5-12-24-14-17/h2-3,8-9,16-17,23-24,27H,1,4-7,10-14H2,(H,26,28,29). The molecule has 2 aliphatic rings. The van der Waals surface area contributed by atoms with Crippen molar-refractivity contribution < 1.29 is 4.79 Å². The van der Waals surface area contributed by atoms with Crippen molar-refractivity contribution in [2.24, 2.45) is 11.0 Å². The SMILES string of the molecule is C=C(C(=O)N/C(=N\NC1CCCNC1)C1CCCNCC1)c1nc2ccccc2s1. The molecule has 1 amide bonds. The highest BCUT2D eigenvalue weighted by atomic mass is 32.1. The summed E-state index contributed by atoms with van der Waals surface area (Å²) in [5, 5.41) is 15.2. The predicted octanol–water partition coefficient (Wildman–Crippen LogP) is 2.47. The molecule has 2 aromatic rings. The Morgan fingerprint density at radius 1 is 1.13 bits per heavy atom. The molecule has 160 valence electrons. The minimum Gasteiger partial charge on any atom is -0.317 e. The van der Waals surface area contributed by atoms with Crippen LogP contribution in [0.25, 0.3) is 15.8 Å². The highest BCUT2D eigenvalue weighted by Crippen LogP contribution is 2.26. The molecule has 2 unspecified atom stereocenters. The maximum atomic E-state index is 13.0. The second kappa shape index (κ2) is 10.1. The number of benzene rings is 1. The molecule has 3 heterocycles. The Labute approximate surface area is 181 Å². The van der Waals surface area contributed by atoms with E-state index in [9.17, 15) is 4.79 Å². The number of para-hydroxylation sites is 1. The van der Waals surface area contributed by atoms with E-state index in [4.69, 9.17) is 0 Å². The zero-order chi connectivity index (χ0) is 20.8. The highest BCUT2D eigenvalue weighted by Gasteiger charge is 2.23. The van der Waals surface area contributed by atoms with E-state index in [1.165, 1.54) is 11.3 Å². The summed E-state index contributed by atoms with van der Waals surface area (Å²) < 4.78 is 1.05. The van der Waals surface area contributed by atoms with Gasteiger partial charge in [-0.25, -0.2) is 4.98 Å². The topological polar surface area (TPSA) is 90.4 Å². The van der Waals surface area contributed by atoms with Gasteiger partial charge in [0.1, 0.15) is 10.8 Å². The number of amides is 1. The summed E-state index contributed by atoms with van der Waals surface area (Å²) >= 11 is 1.49. The largest absolute Gasteiger partial charge is 0.317 e. The minimum atomic E-state index is -0.228. The third-order valence-electron chi connectivity index (χ3n) is 5.69. The number of piperidine rings is 1. The number of thiazole rings is 1. The molecular weight excluding hydrogens is 396 g/mol. The van der Waals surface area contributed by atoms with Crippen LogP contribution in [-0.4, -0.2) is 48.9 Å². The van der Waals surface area contributed by atoms with Crippen molar-refractivity contribution in [3.05, 3.63) is 35.9 Å². The minimum absolute atomic E-state index is 0.219. The molecule has 2 aliphatic heterocycles. The molecule has 4 N–H and O–H groups in total. The fraction of sp³-hybridized carbons (Fsp3) is 0.500. The lowest BCUT2D eigenvalue weighted by Gasteiger charge is -2.24. The smallest absolute Gasteiger partial charge is 0.259 e. The Balaban J connectivity index is 1.48. The van der Waals surface area contributed by atoms with E-state index in [-0.39, 0.29) is 11.8 Å². The van der Waals surface area contributed by atoms with Crippen LogP contribution in [0.1, 0.15) is 37.1 Å². The van der Waals surface area contributed by atoms with Crippen LogP contribution in [0.3, 0.4) is 0 Å². The molecule has 0 saturated carbocycles. The third-order valence-corrected chi connectivity index (χ3v) is 6.79. The van der Waals surface area contributed by atoms with Gasteiger partial charge >= 0.3 is 0 Å². The first-order valence-corrected chi connectivity index (χ1v) is 11.6. The Kier molecular flexibility index (Phi) is 7.09. The van der Waals surface area contributed by atoms with Gasteiger partial charge in [0.15, 0.2) is 0 Å². The average molecular weight is 427 g/mol. The van der Waals surface area contributed by atoms with Gasteiger partial charge in [0.2, 0.25) is 0 Å². The quantitative estimate of drug-likeness (QED) is 0.255. The molecule has 1 aromatic carbocycles. The molecule has 2 saturated heterocycles. The molecule has 30 heavy (non-hydrogen) atoms. The van der Waals surface area contributed by atoms with Crippen LogP contribution in [0.15, 0.2) is 35.9 Å². The average Bonchev–Trinajstić information content (AvgIpc) is 3.03. The van der Waals surface area contributed by atoms with Crippen molar-refractivity contribution in [1.29, 1.82) is 0 Å². The van der Waals surface area contributed by atoms with E-state index in [1.807, 2.05) is 24.3 Å². The summed E-state index contributed by atoms with van der Waals surface area (Å²) in [6, 6.07) is 8.18. The summed E-state index contributed by atoms with van der Waals surface area (Å²) in [5.41, 5.74) is 4.57. The van der Waals surface area contributed by atoms with Gasteiger partial charge in [0.25, 0.3) is 5.91 Å². The number of hydrogen-bond acceptors (Lipinski definition) is 7. The highest BCUT2D eigenvalue weighted by molar-refractivity contribution is 7.19. The van der Waals surface area contributed by atoms with E-state index < -0.39 is 0 Å². The fourth-order valence-electron chi connectivity index (χ4n) is 3.93. The lowest BCUT2D eigenvalue weighted by atomic mass is 9.99. The molecule has 4 rings (SSSR count). The Morgan fingerprint density at radius 3 is 2.80 bits per heavy atom. The zero-order valence-electron chi connectivity index (χ0n) is 17.2. The van der Waals surface area contributed by atoms with Gasteiger partial charge in [0.05, 0.1) is 21.8 Å². The van der Waals surface area contributed by atoms with E-state index in [0.717, 1.165) is 74.3 Å². The van der Waals surface area contributed by atoms with Gasteiger partial charge < -0.3 is 21.4 Å². The van der Waals surface area contributed by atoms with Gasteiger partial charge in [-0.1, -0.05) is 18.7 Å². The number of rotatable bonds is 5. The molecule has 7 nitrogen and oxygen atoms in total. The van der Waals surface area contributed by atoms with Crippen molar-refractivity contribution in [2.45, 2.75) is 38.1 Å². The number of carbonyl (C=O) groups excluding carboxylic acids is 1. The van der Waals surface area contributed by atoms with E-state index in [0.29, 0.717) is 16.6 Å². The second-order valence-corrected chi connectivity index (χ2v) is 9.00. The summed E-state index contributed by atoms with van der Waals surface area (Å²) in [7, 11) is 0. The first kappa shape index (κ1) is 21.0. The number of fused-ring (bicyclic) bond motifs is 1. The van der Waals surface area contributed by atoms with Crippen LogP contribution in [-0.2, 0) is 4.79 Å². The Hall–Kier alpha value is -2.29. The molecular formula is C22H30N6OS. The van der Waals surface area contributed by atoms with Crippen molar-refractivity contribution in [2.75, 3.05) is 26.2 Å². The van der Waals surface area contributed by atoms with Crippen LogP contribution >= 0.6 is 11.3 Å². The number of carbonyl (C=O) groups is 1. The molecule has 0 spiro atoms. The van der Waals surface area contributed by atoms with Crippen LogP contribution in [0.5, 0.6) is 0 Å². The lowest BCUT2D eigenvalue weighted by molar-refractivity contribution is -0.114. The molecule has 0 radical (unpaired) electrons. The van der Waals surface area contributed by atoms with E-state index in [1.54, 1.807) is 0 Å². The number of nitrogens with one attached hydrogen (secondary N) is 4. The summed E-state index contributed by atoms with van der Waals surface area (Å²) in [5.74, 6) is 0.710. The van der Waals surface area contributed by atoms with Crippen molar-refractivity contribution in [1.82, 2.24) is 26.4 Å².